The molecule has 0 aliphatic heterocycles. The number of thiazole rings is 1. The van der Waals surface area contributed by atoms with Crippen molar-refractivity contribution >= 4 is 40.8 Å². The molecule has 0 radical (unpaired) electrons. The molecule has 0 fully saturated rings. The van der Waals surface area contributed by atoms with Crippen molar-refractivity contribution in [2.45, 2.75) is 26.2 Å². The van der Waals surface area contributed by atoms with E-state index >= 15 is 0 Å². The number of nitrogens with zero attached hydrogens (tertiary/aromatic N) is 1. The highest BCUT2D eigenvalue weighted by Crippen LogP contribution is 2.16. The molecule has 0 unspecified atom stereocenters. The number of hydrogen-bond acceptors (Lipinski definition) is 6. The molecule has 0 aliphatic rings. The van der Waals surface area contributed by atoms with Gasteiger partial charge in [-0.2, -0.15) is 0 Å². The number of ether oxygens (including phenoxy) is 1. The van der Waals surface area contributed by atoms with Crippen molar-refractivity contribution in [3.63, 3.8) is 0 Å². The number of anilines is 1. The molecule has 6 nitrogen and oxygen atoms in total. The minimum Gasteiger partial charge on any atom is -0.466 e. The van der Waals surface area contributed by atoms with Gasteiger partial charge >= 0.3 is 5.97 Å². The molecule has 1 heterocycles. The number of aromatic nitrogens is 1. The van der Waals surface area contributed by atoms with Gasteiger partial charge in [0.15, 0.2) is 5.13 Å². The molecule has 0 saturated carbocycles. The van der Waals surface area contributed by atoms with Crippen LogP contribution in [0, 0.1) is 0 Å². The molecule has 1 rings (SSSR count). The van der Waals surface area contributed by atoms with Crippen LogP contribution in [-0.4, -0.2) is 30.0 Å². The van der Waals surface area contributed by atoms with E-state index < -0.39 is 0 Å². The van der Waals surface area contributed by atoms with Crippen LogP contribution >= 0.6 is 23.7 Å². The SMILES string of the molecule is CCOC(=O)Cc1csc(NC(=O)CCCN)n1.Cl. The van der Waals surface area contributed by atoms with Gasteiger partial charge in [0.2, 0.25) is 5.91 Å². The number of amides is 1. The summed E-state index contributed by atoms with van der Waals surface area (Å²) in [4.78, 5) is 26.8. The van der Waals surface area contributed by atoms with Crippen LogP contribution in [0.3, 0.4) is 0 Å². The normalized spacial score (nSPS) is 9.58. The molecule has 0 aromatic carbocycles. The summed E-state index contributed by atoms with van der Waals surface area (Å²) in [5.41, 5.74) is 5.92. The van der Waals surface area contributed by atoms with Crippen molar-refractivity contribution in [1.82, 2.24) is 4.98 Å². The minimum absolute atomic E-state index is 0. The van der Waals surface area contributed by atoms with Gasteiger partial charge < -0.3 is 15.8 Å². The fourth-order valence-corrected chi connectivity index (χ4v) is 1.98. The van der Waals surface area contributed by atoms with E-state index in [1.54, 1.807) is 12.3 Å². The van der Waals surface area contributed by atoms with Crippen molar-refractivity contribution in [2.24, 2.45) is 5.73 Å². The number of halogens is 1. The zero-order chi connectivity index (χ0) is 13.4. The topological polar surface area (TPSA) is 94.3 Å². The van der Waals surface area contributed by atoms with Crippen LogP contribution in [0.2, 0.25) is 0 Å². The first-order chi connectivity index (χ1) is 8.65. The van der Waals surface area contributed by atoms with E-state index in [1.165, 1.54) is 11.3 Å². The lowest BCUT2D eigenvalue weighted by Gasteiger charge is -2.00. The fourth-order valence-electron chi connectivity index (χ4n) is 1.25. The Hall–Kier alpha value is -1.18. The number of nitrogens with one attached hydrogen (secondary N) is 1. The minimum atomic E-state index is -0.316. The van der Waals surface area contributed by atoms with Gasteiger partial charge in [-0.3, -0.25) is 9.59 Å². The van der Waals surface area contributed by atoms with Gasteiger partial charge in [-0.05, 0) is 19.9 Å². The largest absolute Gasteiger partial charge is 0.466 e. The molecule has 108 valence electrons. The molecular formula is C11H18ClN3O3S. The number of rotatable bonds is 7. The lowest BCUT2D eigenvalue weighted by molar-refractivity contribution is -0.142. The van der Waals surface area contributed by atoms with Gasteiger partial charge in [0, 0.05) is 11.8 Å². The third kappa shape index (κ3) is 7.09. The summed E-state index contributed by atoms with van der Waals surface area (Å²) in [7, 11) is 0. The number of carbonyl (C=O) groups excluding carboxylic acids is 2. The molecule has 8 heteroatoms. The Bertz CT molecular complexity index is 412. The van der Waals surface area contributed by atoms with Crippen molar-refractivity contribution in [3.8, 4) is 0 Å². The Morgan fingerprint density at radius 3 is 2.89 bits per heavy atom. The number of carbonyl (C=O) groups is 2. The monoisotopic (exact) mass is 307 g/mol. The molecule has 1 aromatic rings. The van der Waals surface area contributed by atoms with Gasteiger partial charge in [0.25, 0.3) is 0 Å². The molecule has 3 N–H and O–H groups in total. The predicted molar refractivity (Wildman–Crippen MR) is 76.6 cm³/mol. The Morgan fingerprint density at radius 1 is 1.53 bits per heavy atom. The van der Waals surface area contributed by atoms with Crippen molar-refractivity contribution in [3.05, 3.63) is 11.1 Å². The number of hydrogen-bond donors (Lipinski definition) is 2. The number of nitrogens with two attached hydrogens (primary N) is 1. The Morgan fingerprint density at radius 2 is 2.26 bits per heavy atom. The van der Waals surface area contributed by atoms with E-state index in [2.05, 4.69) is 10.3 Å². The van der Waals surface area contributed by atoms with Crippen molar-refractivity contribution in [2.75, 3.05) is 18.5 Å². The Kier molecular flexibility index (Phi) is 9.11. The Balaban J connectivity index is 0.00000324. The zero-order valence-electron chi connectivity index (χ0n) is 10.7. The second-order valence-electron chi connectivity index (χ2n) is 3.57. The summed E-state index contributed by atoms with van der Waals surface area (Å²) in [6.45, 7) is 2.59. The van der Waals surface area contributed by atoms with E-state index in [-0.39, 0.29) is 30.7 Å². The van der Waals surface area contributed by atoms with Crippen LogP contribution in [-0.2, 0) is 20.7 Å². The summed E-state index contributed by atoms with van der Waals surface area (Å²) >= 11 is 1.29. The average Bonchev–Trinajstić information content (AvgIpc) is 2.74. The van der Waals surface area contributed by atoms with Crippen molar-refractivity contribution < 1.29 is 14.3 Å². The maximum Gasteiger partial charge on any atom is 0.311 e. The van der Waals surface area contributed by atoms with E-state index in [0.717, 1.165) is 0 Å². The van der Waals surface area contributed by atoms with Gasteiger partial charge in [0.1, 0.15) is 0 Å². The second-order valence-corrected chi connectivity index (χ2v) is 4.42. The first-order valence-corrected chi connectivity index (χ1v) is 6.63. The van der Waals surface area contributed by atoms with Crippen LogP contribution in [0.15, 0.2) is 5.38 Å². The molecule has 0 aliphatic carbocycles. The first kappa shape index (κ1) is 17.8. The average molecular weight is 308 g/mol. The van der Waals surface area contributed by atoms with Crippen LogP contribution < -0.4 is 11.1 Å². The Labute approximate surface area is 122 Å². The van der Waals surface area contributed by atoms with Gasteiger partial charge in [0.05, 0.1) is 18.7 Å². The van der Waals surface area contributed by atoms with Crippen LogP contribution in [0.4, 0.5) is 5.13 Å². The molecule has 19 heavy (non-hydrogen) atoms. The molecule has 0 atom stereocenters. The molecule has 1 aromatic heterocycles. The smallest absolute Gasteiger partial charge is 0.311 e. The van der Waals surface area contributed by atoms with Gasteiger partial charge in [-0.15, -0.1) is 23.7 Å². The molecule has 0 spiro atoms. The summed E-state index contributed by atoms with van der Waals surface area (Å²) in [5.74, 6) is -0.429. The van der Waals surface area contributed by atoms with E-state index in [0.29, 0.717) is 36.8 Å². The van der Waals surface area contributed by atoms with Crippen molar-refractivity contribution in [1.29, 1.82) is 0 Å². The lowest BCUT2D eigenvalue weighted by atomic mass is 10.3. The van der Waals surface area contributed by atoms with Crippen LogP contribution in [0.1, 0.15) is 25.5 Å². The molecule has 1 amide bonds. The zero-order valence-corrected chi connectivity index (χ0v) is 12.3. The highest BCUT2D eigenvalue weighted by Gasteiger charge is 2.10. The fraction of sp³-hybridized carbons (Fsp3) is 0.545. The van der Waals surface area contributed by atoms with Crippen LogP contribution in [0.25, 0.3) is 0 Å². The standard InChI is InChI=1S/C11H17N3O3S.ClH/c1-2-17-10(16)6-8-7-18-11(13-8)14-9(15)4-3-5-12;/h7H,2-6,12H2,1H3,(H,13,14,15);1H. The summed E-state index contributed by atoms with van der Waals surface area (Å²) in [6, 6.07) is 0. The highest BCUT2D eigenvalue weighted by molar-refractivity contribution is 7.13. The van der Waals surface area contributed by atoms with Gasteiger partial charge in [-0.25, -0.2) is 4.98 Å². The van der Waals surface area contributed by atoms with Gasteiger partial charge in [-0.1, -0.05) is 0 Å². The number of esters is 1. The summed E-state index contributed by atoms with van der Waals surface area (Å²) in [6.07, 6.45) is 1.15. The van der Waals surface area contributed by atoms with E-state index in [9.17, 15) is 9.59 Å². The third-order valence-corrected chi connectivity index (χ3v) is 2.84. The predicted octanol–water partition coefficient (Wildman–Crippen LogP) is 1.35. The van der Waals surface area contributed by atoms with E-state index in [4.69, 9.17) is 10.5 Å². The summed E-state index contributed by atoms with van der Waals surface area (Å²) < 4.78 is 4.81. The quantitative estimate of drug-likeness (QED) is 0.741. The maximum atomic E-state index is 11.4. The highest BCUT2D eigenvalue weighted by atomic mass is 35.5. The maximum absolute atomic E-state index is 11.4. The third-order valence-electron chi connectivity index (χ3n) is 2.04. The second kappa shape index (κ2) is 9.71. The lowest BCUT2D eigenvalue weighted by Crippen LogP contribution is -2.13. The van der Waals surface area contributed by atoms with Crippen LogP contribution in [0.5, 0.6) is 0 Å². The first-order valence-electron chi connectivity index (χ1n) is 5.75. The molecule has 0 saturated heterocycles. The molecular weight excluding hydrogens is 290 g/mol. The molecule has 0 bridgehead atoms. The van der Waals surface area contributed by atoms with E-state index in [1.807, 2.05) is 0 Å². The summed E-state index contributed by atoms with van der Waals surface area (Å²) in [5, 5.41) is 4.89.